The molecule has 0 amide bonds. The second-order valence-electron chi connectivity index (χ2n) is 2.65. The predicted octanol–water partition coefficient (Wildman–Crippen LogP) is 3.28. The molecule has 1 nitrogen and oxygen atoms in total. The van der Waals surface area contributed by atoms with E-state index in [-0.39, 0.29) is 0 Å². The molecular formula is C10H18O. The van der Waals surface area contributed by atoms with E-state index < -0.39 is 0 Å². The second kappa shape index (κ2) is 7.39. The van der Waals surface area contributed by atoms with Gasteiger partial charge in [0, 0.05) is 0 Å². The van der Waals surface area contributed by atoms with Crippen molar-refractivity contribution in [1.82, 2.24) is 0 Å². The van der Waals surface area contributed by atoms with Gasteiger partial charge in [-0.05, 0) is 18.9 Å². The van der Waals surface area contributed by atoms with Crippen LogP contribution < -0.4 is 0 Å². The lowest BCUT2D eigenvalue weighted by molar-refractivity contribution is 0.337. The molecule has 0 N–H and O–H groups in total. The van der Waals surface area contributed by atoms with Crippen LogP contribution in [0.5, 0.6) is 0 Å². The molecule has 0 unspecified atom stereocenters. The Labute approximate surface area is 69.8 Å². The van der Waals surface area contributed by atoms with Crippen LogP contribution in [0.2, 0.25) is 0 Å². The third kappa shape index (κ3) is 7.17. The third-order valence-corrected chi connectivity index (χ3v) is 1.54. The van der Waals surface area contributed by atoms with Gasteiger partial charge in [-0.3, -0.25) is 0 Å². The van der Waals surface area contributed by atoms with Crippen LogP contribution in [0.1, 0.15) is 32.6 Å². The van der Waals surface area contributed by atoms with Crippen molar-refractivity contribution in [3.05, 3.63) is 24.5 Å². The average molecular weight is 154 g/mol. The van der Waals surface area contributed by atoms with Gasteiger partial charge in [0.15, 0.2) is 0 Å². The van der Waals surface area contributed by atoms with Gasteiger partial charge in [-0.1, -0.05) is 31.9 Å². The van der Waals surface area contributed by atoms with Crippen molar-refractivity contribution < 1.29 is 4.74 Å². The minimum atomic E-state index is 1.09. The molecule has 0 saturated heterocycles. The Bertz CT molecular complexity index is 125. The Morgan fingerprint density at radius 2 is 2.18 bits per heavy atom. The van der Waals surface area contributed by atoms with Crippen molar-refractivity contribution >= 4 is 0 Å². The molecule has 0 spiro atoms. The predicted molar refractivity (Wildman–Crippen MR) is 49.4 cm³/mol. The smallest absolute Gasteiger partial charge is 0.0827 e. The zero-order valence-corrected chi connectivity index (χ0v) is 7.60. The summed E-state index contributed by atoms with van der Waals surface area (Å²) in [5.41, 5.74) is 1.15. The third-order valence-electron chi connectivity index (χ3n) is 1.54. The molecular weight excluding hydrogens is 136 g/mol. The zero-order valence-electron chi connectivity index (χ0n) is 7.60. The molecule has 0 aromatic rings. The highest BCUT2D eigenvalue weighted by atomic mass is 16.5. The summed E-state index contributed by atoms with van der Waals surface area (Å²) >= 11 is 0. The molecule has 0 aliphatic carbocycles. The van der Waals surface area contributed by atoms with Crippen LogP contribution in [0.25, 0.3) is 0 Å². The van der Waals surface area contributed by atoms with Crippen LogP contribution in [-0.4, -0.2) is 7.11 Å². The first-order valence-corrected chi connectivity index (χ1v) is 4.18. The standard InChI is InChI=1S/C10H18O/c1-4-5-6-7-10(2)8-9-11-3/h8-9H,2,4-7H2,1,3H3/b9-8+. The molecule has 0 aromatic heterocycles. The molecule has 64 valence electrons. The fraction of sp³-hybridized carbons (Fsp3) is 0.600. The normalized spacial score (nSPS) is 10.4. The summed E-state index contributed by atoms with van der Waals surface area (Å²) < 4.78 is 4.78. The molecule has 0 aromatic carbocycles. The summed E-state index contributed by atoms with van der Waals surface area (Å²) in [6, 6.07) is 0. The van der Waals surface area contributed by atoms with E-state index in [1.54, 1.807) is 13.4 Å². The summed E-state index contributed by atoms with van der Waals surface area (Å²) in [6.07, 6.45) is 8.49. The summed E-state index contributed by atoms with van der Waals surface area (Å²) in [5, 5.41) is 0. The van der Waals surface area contributed by atoms with Gasteiger partial charge in [0.1, 0.15) is 0 Å². The maximum absolute atomic E-state index is 4.78. The fourth-order valence-corrected chi connectivity index (χ4v) is 0.850. The Morgan fingerprint density at radius 3 is 2.73 bits per heavy atom. The number of hydrogen-bond donors (Lipinski definition) is 0. The highest BCUT2D eigenvalue weighted by Gasteiger charge is 1.88. The molecule has 0 radical (unpaired) electrons. The molecule has 1 heteroatoms. The van der Waals surface area contributed by atoms with E-state index in [0.29, 0.717) is 0 Å². The number of unbranched alkanes of at least 4 members (excludes halogenated alkanes) is 2. The topological polar surface area (TPSA) is 9.23 Å². The molecule has 0 heterocycles. The first-order valence-electron chi connectivity index (χ1n) is 4.18. The van der Waals surface area contributed by atoms with E-state index >= 15 is 0 Å². The maximum Gasteiger partial charge on any atom is 0.0827 e. The summed E-state index contributed by atoms with van der Waals surface area (Å²) in [4.78, 5) is 0. The van der Waals surface area contributed by atoms with Gasteiger partial charge in [-0.25, -0.2) is 0 Å². The van der Waals surface area contributed by atoms with Crippen LogP contribution >= 0.6 is 0 Å². The van der Waals surface area contributed by atoms with E-state index in [0.717, 1.165) is 12.0 Å². The number of hydrogen-bond acceptors (Lipinski definition) is 1. The van der Waals surface area contributed by atoms with Crippen molar-refractivity contribution in [2.75, 3.05) is 7.11 Å². The lowest BCUT2D eigenvalue weighted by atomic mass is 10.1. The first kappa shape index (κ1) is 10.3. The van der Waals surface area contributed by atoms with Gasteiger partial charge >= 0.3 is 0 Å². The monoisotopic (exact) mass is 154 g/mol. The quantitative estimate of drug-likeness (QED) is 0.324. The zero-order chi connectivity index (χ0) is 8.53. The van der Waals surface area contributed by atoms with Crippen molar-refractivity contribution in [1.29, 1.82) is 0 Å². The van der Waals surface area contributed by atoms with Gasteiger partial charge in [0.25, 0.3) is 0 Å². The Balaban J connectivity index is 3.30. The summed E-state index contributed by atoms with van der Waals surface area (Å²) in [6.45, 7) is 6.10. The molecule has 0 fully saturated rings. The van der Waals surface area contributed by atoms with Crippen molar-refractivity contribution in [2.45, 2.75) is 32.6 Å². The Morgan fingerprint density at radius 1 is 1.45 bits per heavy atom. The highest BCUT2D eigenvalue weighted by Crippen LogP contribution is 2.07. The SMILES string of the molecule is C=C(/C=C/OC)CCCCC. The molecule has 11 heavy (non-hydrogen) atoms. The van der Waals surface area contributed by atoms with Crippen LogP contribution in [-0.2, 0) is 4.74 Å². The lowest BCUT2D eigenvalue weighted by Crippen LogP contribution is -1.78. The lowest BCUT2D eigenvalue weighted by Gasteiger charge is -1.97. The molecule has 0 aliphatic rings. The van der Waals surface area contributed by atoms with Gasteiger partial charge < -0.3 is 4.74 Å². The van der Waals surface area contributed by atoms with Crippen molar-refractivity contribution in [2.24, 2.45) is 0 Å². The van der Waals surface area contributed by atoms with Gasteiger partial charge in [0.05, 0.1) is 13.4 Å². The van der Waals surface area contributed by atoms with Crippen LogP contribution in [0.3, 0.4) is 0 Å². The molecule has 0 saturated carbocycles. The van der Waals surface area contributed by atoms with Crippen LogP contribution in [0.15, 0.2) is 24.5 Å². The average Bonchev–Trinajstić information content (AvgIpc) is 2.01. The fourth-order valence-electron chi connectivity index (χ4n) is 0.850. The van der Waals surface area contributed by atoms with Crippen molar-refractivity contribution in [3.8, 4) is 0 Å². The Kier molecular flexibility index (Phi) is 6.90. The van der Waals surface area contributed by atoms with Crippen LogP contribution in [0, 0.1) is 0 Å². The second-order valence-corrected chi connectivity index (χ2v) is 2.65. The van der Waals surface area contributed by atoms with E-state index in [2.05, 4.69) is 13.5 Å². The molecule has 0 bridgehead atoms. The minimum Gasteiger partial charge on any atom is -0.504 e. The highest BCUT2D eigenvalue weighted by molar-refractivity contribution is 5.11. The molecule has 0 rings (SSSR count). The van der Waals surface area contributed by atoms with E-state index in [4.69, 9.17) is 4.74 Å². The number of ether oxygens (including phenoxy) is 1. The Hall–Kier alpha value is -0.720. The van der Waals surface area contributed by atoms with Gasteiger partial charge in [-0.2, -0.15) is 0 Å². The summed E-state index contributed by atoms with van der Waals surface area (Å²) in [5.74, 6) is 0. The van der Waals surface area contributed by atoms with E-state index in [1.165, 1.54) is 19.3 Å². The van der Waals surface area contributed by atoms with Gasteiger partial charge in [0.2, 0.25) is 0 Å². The molecule has 0 aliphatic heterocycles. The van der Waals surface area contributed by atoms with Crippen molar-refractivity contribution in [3.63, 3.8) is 0 Å². The van der Waals surface area contributed by atoms with E-state index in [1.807, 2.05) is 6.08 Å². The largest absolute Gasteiger partial charge is 0.504 e. The number of rotatable bonds is 6. The molecule has 0 atom stereocenters. The van der Waals surface area contributed by atoms with Crippen LogP contribution in [0.4, 0.5) is 0 Å². The summed E-state index contributed by atoms with van der Waals surface area (Å²) in [7, 11) is 1.65. The van der Waals surface area contributed by atoms with Gasteiger partial charge in [-0.15, -0.1) is 0 Å². The maximum atomic E-state index is 4.78. The number of methoxy groups -OCH3 is 1. The minimum absolute atomic E-state index is 1.09. The first-order chi connectivity index (χ1) is 5.31. The van der Waals surface area contributed by atoms with E-state index in [9.17, 15) is 0 Å². The number of allylic oxidation sites excluding steroid dienone is 2.